The van der Waals surface area contributed by atoms with E-state index in [0.29, 0.717) is 13.0 Å². The highest BCUT2D eigenvalue weighted by Gasteiger charge is 1.98. The number of rotatable bonds is 3. The highest BCUT2D eigenvalue weighted by molar-refractivity contribution is 5.66. The molecule has 1 rings (SSSR count). The number of ether oxygens (including phenoxy) is 1. The summed E-state index contributed by atoms with van der Waals surface area (Å²) in [6.07, 6.45) is 0.119. The van der Waals surface area contributed by atoms with Crippen molar-refractivity contribution in [2.45, 2.75) is 6.42 Å². The van der Waals surface area contributed by atoms with Crippen LogP contribution in [0.25, 0.3) is 0 Å². The Balaban J connectivity index is 2.35. The Hall–Kier alpha value is -1.58. The molecule has 0 aromatic heterocycles. The van der Waals surface area contributed by atoms with Gasteiger partial charge in [-0.2, -0.15) is 0 Å². The molecule has 0 fully saturated rings. The molecule has 0 aliphatic rings. The number of methoxy groups -OCH3 is 1. The summed E-state index contributed by atoms with van der Waals surface area (Å²) in [5, 5.41) is 2.52. The number of hydrogen-bond acceptors (Lipinski definition) is 2. The average molecular weight is 197 g/mol. The summed E-state index contributed by atoms with van der Waals surface area (Å²) in [4.78, 5) is 10.7. The molecule has 1 aromatic carbocycles. The molecule has 0 atom stereocenters. The fourth-order valence-electron chi connectivity index (χ4n) is 1.07. The molecule has 76 valence electrons. The zero-order valence-electron chi connectivity index (χ0n) is 7.92. The average Bonchev–Trinajstić information content (AvgIpc) is 2.17. The molecule has 0 saturated heterocycles. The molecule has 0 saturated carbocycles. The van der Waals surface area contributed by atoms with E-state index in [1.54, 1.807) is 6.07 Å². The van der Waals surface area contributed by atoms with Gasteiger partial charge in [-0.05, 0) is 24.1 Å². The lowest BCUT2D eigenvalue weighted by molar-refractivity contribution is 0.171. The quantitative estimate of drug-likeness (QED) is 0.801. The minimum atomic E-state index is -0.471. The lowest BCUT2D eigenvalue weighted by atomic mass is 10.1. The predicted molar refractivity (Wildman–Crippen MR) is 50.5 cm³/mol. The van der Waals surface area contributed by atoms with Crippen molar-refractivity contribution in [3.63, 3.8) is 0 Å². The van der Waals surface area contributed by atoms with Crippen LogP contribution in [0, 0.1) is 5.82 Å². The summed E-state index contributed by atoms with van der Waals surface area (Å²) in [5.41, 5.74) is 0.849. The Bertz CT molecular complexity index is 315. The molecular weight excluding hydrogens is 185 g/mol. The van der Waals surface area contributed by atoms with Crippen LogP contribution in [0.3, 0.4) is 0 Å². The fourth-order valence-corrected chi connectivity index (χ4v) is 1.07. The third kappa shape index (κ3) is 3.43. The van der Waals surface area contributed by atoms with Crippen LogP contribution in [0.5, 0.6) is 0 Å². The summed E-state index contributed by atoms with van der Waals surface area (Å²) < 4.78 is 17.1. The first-order chi connectivity index (χ1) is 6.72. The molecule has 0 radical (unpaired) electrons. The van der Waals surface area contributed by atoms with E-state index in [1.807, 2.05) is 6.07 Å². The van der Waals surface area contributed by atoms with Gasteiger partial charge in [0, 0.05) is 6.54 Å². The minimum Gasteiger partial charge on any atom is -0.453 e. The van der Waals surface area contributed by atoms with Crippen LogP contribution in [0.2, 0.25) is 0 Å². The lowest BCUT2D eigenvalue weighted by Gasteiger charge is -2.03. The Labute approximate surface area is 81.9 Å². The summed E-state index contributed by atoms with van der Waals surface area (Å²) in [5.74, 6) is -0.263. The maximum absolute atomic E-state index is 12.7. The summed E-state index contributed by atoms with van der Waals surface area (Å²) in [6.45, 7) is 0.441. The standard InChI is InChI=1S/C10H12FNO2/c1-14-10(13)12-6-5-8-3-2-4-9(11)7-8/h2-4,7H,5-6H2,1H3,(H,12,13). The van der Waals surface area contributed by atoms with Gasteiger partial charge < -0.3 is 10.1 Å². The van der Waals surface area contributed by atoms with E-state index in [-0.39, 0.29) is 5.82 Å². The van der Waals surface area contributed by atoms with Gasteiger partial charge in [-0.3, -0.25) is 0 Å². The van der Waals surface area contributed by atoms with Gasteiger partial charge in [0.2, 0.25) is 0 Å². The number of halogens is 1. The van der Waals surface area contributed by atoms with Gasteiger partial charge in [0.15, 0.2) is 0 Å². The van der Waals surface area contributed by atoms with E-state index in [9.17, 15) is 9.18 Å². The number of amides is 1. The molecule has 14 heavy (non-hydrogen) atoms. The van der Waals surface area contributed by atoms with Crippen LogP contribution in [-0.2, 0) is 11.2 Å². The van der Waals surface area contributed by atoms with Crippen LogP contribution in [-0.4, -0.2) is 19.7 Å². The molecule has 1 amide bonds. The number of carbonyl (C=O) groups excluding carboxylic acids is 1. The molecule has 0 unspecified atom stereocenters. The van der Waals surface area contributed by atoms with E-state index in [4.69, 9.17) is 0 Å². The van der Waals surface area contributed by atoms with Gasteiger partial charge >= 0.3 is 6.09 Å². The van der Waals surface area contributed by atoms with Gasteiger partial charge in [-0.15, -0.1) is 0 Å². The largest absolute Gasteiger partial charge is 0.453 e. The monoisotopic (exact) mass is 197 g/mol. The van der Waals surface area contributed by atoms with Crippen molar-refractivity contribution in [2.75, 3.05) is 13.7 Å². The van der Waals surface area contributed by atoms with Crippen LogP contribution >= 0.6 is 0 Å². The molecule has 0 bridgehead atoms. The van der Waals surface area contributed by atoms with Crippen molar-refractivity contribution in [3.8, 4) is 0 Å². The first-order valence-electron chi connectivity index (χ1n) is 4.28. The highest BCUT2D eigenvalue weighted by atomic mass is 19.1. The lowest BCUT2D eigenvalue weighted by Crippen LogP contribution is -2.25. The van der Waals surface area contributed by atoms with E-state index in [2.05, 4.69) is 10.1 Å². The molecule has 3 nitrogen and oxygen atoms in total. The second-order valence-electron chi connectivity index (χ2n) is 2.80. The minimum absolute atomic E-state index is 0.263. The van der Waals surface area contributed by atoms with E-state index >= 15 is 0 Å². The van der Waals surface area contributed by atoms with Crippen LogP contribution in [0.4, 0.5) is 9.18 Å². The highest BCUT2D eigenvalue weighted by Crippen LogP contribution is 2.03. The summed E-state index contributed by atoms with van der Waals surface area (Å²) >= 11 is 0. The third-order valence-electron chi connectivity index (χ3n) is 1.76. The Kier molecular flexibility index (Phi) is 3.91. The van der Waals surface area contributed by atoms with Crippen molar-refractivity contribution in [2.24, 2.45) is 0 Å². The zero-order valence-corrected chi connectivity index (χ0v) is 7.92. The van der Waals surface area contributed by atoms with Crippen LogP contribution in [0.1, 0.15) is 5.56 Å². The van der Waals surface area contributed by atoms with Crippen molar-refractivity contribution >= 4 is 6.09 Å². The predicted octanol–water partition coefficient (Wildman–Crippen LogP) is 1.72. The fraction of sp³-hybridized carbons (Fsp3) is 0.300. The van der Waals surface area contributed by atoms with E-state index in [0.717, 1.165) is 5.56 Å². The van der Waals surface area contributed by atoms with Gasteiger partial charge in [-0.25, -0.2) is 9.18 Å². The van der Waals surface area contributed by atoms with E-state index < -0.39 is 6.09 Å². The summed E-state index contributed by atoms with van der Waals surface area (Å²) in [7, 11) is 1.30. The van der Waals surface area contributed by atoms with E-state index in [1.165, 1.54) is 19.2 Å². The molecule has 4 heteroatoms. The molecule has 0 aliphatic carbocycles. The topological polar surface area (TPSA) is 38.3 Å². The first-order valence-corrected chi connectivity index (χ1v) is 4.28. The number of nitrogens with one attached hydrogen (secondary N) is 1. The zero-order chi connectivity index (χ0) is 10.4. The molecule has 1 aromatic rings. The Morgan fingerprint density at radius 1 is 1.57 bits per heavy atom. The SMILES string of the molecule is COC(=O)NCCc1cccc(F)c1. The molecular formula is C10H12FNO2. The van der Waals surface area contributed by atoms with Crippen molar-refractivity contribution < 1.29 is 13.9 Å². The number of alkyl carbamates (subject to hydrolysis) is 1. The number of benzene rings is 1. The second-order valence-corrected chi connectivity index (χ2v) is 2.80. The van der Waals surface area contributed by atoms with Crippen LogP contribution in [0.15, 0.2) is 24.3 Å². The van der Waals surface area contributed by atoms with Gasteiger partial charge in [-0.1, -0.05) is 12.1 Å². The summed E-state index contributed by atoms with van der Waals surface area (Å²) in [6, 6.07) is 6.28. The van der Waals surface area contributed by atoms with Gasteiger partial charge in [0.05, 0.1) is 7.11 Å². The molecule has 1 N–H and O–H groups in total. The smallest absolute Gasteiger partial charge is 0.406 e. The maximum atomic E-state index is 12.7. The number of hydrogen-bond donors (Lipinski definition) is 1. The second kappa shape index (κ2) is 5.21. The maximum Gasteiger partial charge on any atom is 0.406 e. The van der Waals surface area contributed by atoms with Crippen molar-refractivity contribution in [1.29, 1.82) is 0 Å². The van der Waals surface area contributed by atoms with Crippen molar-refractivity contribution in [1.82, 2.24) is 5.32 Å². The third-order valence-corrected chi connectivity index (χ3v) is 1.76. The normalized spacial score (nSPS) is 9.57. The number of carbonyl (C=O) groups is 1. The van der Waals surface area contributed by atoms with Gasteiger partial charge in [0.25, 0.3) is 0 Å². The molecule has 0 aliphatic heterocycles. The Morgan fingerprint density at radius 3 is 3.00 bits per heavy atom. The first kappa shape index (κ1) is 10.5. The van der Waals surface area contributed by atoms with Crippen LogP contribution < -0.4 is 5.32 Å². The molecule has 0 heterocycles. The van der Waals surface area contributed by atoms with Crippen molar-refractivity contribution in [3.05, 3.63) is 35.6 Å². The van der Waals surface area contributed by atoms with Gasteiger partial charge in [0.1, 0.15) is 5.82 Å². The Morgan fingerprint density at radius 2 is 2.36 bits per heavy atom. The molecule has 0 spiro atoms.